The number of aryl methyl sites for hydroxylation is 1. The summed E-state index contributed by atoms with van der Waals surface area (Å²) in [5.41, 5.74) is 1.65. The molecule has 4 aromatic rings. The van der Waals surface area contributed by atoms with E-state index >= 15 is 0 Å². The van der Waals surface area contributed by atoms with Crippen molar-refractivity contribution in [3.05, 3.63) is 77.0 Å². The average molecular weight is 489 g/mol. The van der Waals surface area contributed by atoms with Gasteiger partial charge in [0.25, 0.3) is 5.91 Å². The number of hydrogen-bond acceptors (Lipinski definition) is 8. The first-order valence-electron chi connectivity index (χ1n) is 11.1. The van der Waals surface area contributed by atoms with Gasteiger partial charge in [0, 0.05) is 5.39 Å². The van der Waals surface area contributed by atoms with E-state index in [1.807, 2.05) is 19.1 Å². The lowest BCUT2D eigenvalue weighted by Crippen LogP contribution is -2.21. The molecule has 0 aliphatic carbocycles. The number of fused-ring (bicyclic) bond motifs is 1. The molecule has 1 amide bonds. The van der Waals surface area contributed by atoms with Gasteiger partial charge in [-0.3, -0.25) is 4.79 Å². The number of nitrogens with zero attached hydrogens (tertiary/aromatic N) is 3. The van der Waals surface area contributed by atoms with Gasteiger partial charge in [0.05, 0.1) is 38.2 Å². The van der Waals surface area contributed by atoms with Gasteiger partial charge >= 0.3 is 11.9 Å². The number of methoxy groups -OCH3 is 2. The van der Waals surface area contributed by atoms with Gasteiger partial charge in [-0.05, 0) is 43.7 Å². The Kier molecular flexibility index (Phi) is 6.95. The Hall–Kier alpha value is -4.73. The topological polar surface area (TPSA) is 122 Å². The van der Waals surface area contributed by atoms with Gasteiger partial charge in [0.15, 0.2) is 11.6 Å². The van der Waals surface area contributed by atoms with Crippen molar-refractivity contribution in [2.24, 2.45) is 0 Å². The summed E-state index contributed by atoms with van der Waals surface area (Å²) in [5, 5.41) is 7.91. The first-order chi connectivity index (χ1) is 17.4. The van der Waals surface area contributed by atoms with E-state index in [0.29, 0.717) is 17.1 Å². The minimum Gasteiger partial charge on any atom is -0.494 e. The second-order valence-electron chi connectivity index (χ2n) is 7.68. The highest BCUT2D eigenvalue weighted by atomic mass is 16.5. The zero-order valence-corrected chi connectivity index (χ0v) is 20.2. The van der Waals surface area contributed by atoms with Gasteiger partial charge in [-0.1, -0.05) is 24.3 Å². The SMILES string of the molecule is CCOC(=O)c1cnn(-c2cc(C)c3cccc(OC)c3n2)c1NC(=O)c1ccccc1C(=O)OC. The van der Waals surface area contributed by atoms with Gasteiger partial charge in [-0.25, -0.2) is 14.6 Å². The van der Waals surface area contributed by atoms with Gasteiger partial charge in [-0.15, -0.1) is 0 Å². The summed E-state index contributed by atoms with van der Waals surface area (Å²) in [5.74, 6) is -1.03. The van der Waals surface area contributed by atoms with Crippen LogP contribution in [0.2, 0.25) is 0 Å². The fourth-order valence-electron chi connectivity index (χ4n) is 3.79. The molecule has 0 unspecified atom stereocenters. The van der Waals surface area contributed by atoms with Crippen LogP contribution in [0.3, 0.4) is 0 Å². The molecule has 0 saturated heterocycles. The Labute approximate surface area is 206 Å². The first-order valence-corrected chi connectivity index (χ1v) is 11.1. The molecule has 0 aliphatic rings. The molecule has 4 rings (SSSR count). The fraction of sp³-hybridized carbons (Fsp3) is 0.192. The van der Waals surface area contributed by atoms with E-state index in [0.717, 1.165) is 10.9 Å². The molecule has 2 aromatic carbocycles. The van der Waals surface area contributed by atoms with E-state index in [2.05, 4.69) is 10.4 Å². The van der Waals surface area contributed by atoms with Crippen LogP contribution in [-0.2, 0) is 9.47 Å². The Balaban J connectivity index is 1.86. The van der Waals surface area contributed by atoms with Crippen LogP contribution in [-0.4, -0.2) is 53.4 Å². The van der Waals surface area contributed by atoms with E-state index in [1.165, 1.54) is 30.1 Å². The maximum absolute atomic E-state index is 13.3. The molecule has 10 heteroatoms. The zero-order chi connectivity index (χ0) is 25.8. The van der Waals surface area contributed by atoms with Crippen LogP contribution in [0.15, 0.2) is 54.7 Å². The number of carbonyl (C=O) groups is 3. The summed E-state index contributed by atoms with van der Waals surface area (Å²) in [4.78, 5) is 42.9. The monoisotopic (exact) mass is 488 g/mol. The van der Waals surface area contributed by atoms with Crippen LogP contribution in [0.25, 0.3) is 16.7 Å². The predicted octanol–water partition coefficient (Wildman–Crippen LogP) is 3.95. The molecule has 2 heterocycles. The fourth-order valence-corrected chi connectivity index (χ4v) is 3.79. The van der Waals surface area contributed by atoms with Crippen molar-refractivity contribution in [3.63, 3.8) is 0 Å². The van der Waals surface area contributed by atoms with Crippen LogP contribution < -0.4 is 10.1 Å². The molecule has 0 saturated carbocycles. The van der Waals surface area contributed by atoms with Crippen LogP contribution in [0, 0.1) is 6.92 Å². The normalized spacial score (nSPS) is 10.7. The second-order valence-corrected chi connectivity index (χ2v) is 7.68. The summed E-state index contributed by atoms with van der Waals surface area (Å²) in [7, 11) is 2.78. The number of hydrogen-bond donors (Lipinski definition) is 1. The molecule has 0 aliphatic heterocycles. The lowest BCUT2D eigenvalue weighted by molar-refractivity contribution is 0.0526. The smallest absolute Gasteiger partial charge is 0.343 e. The number of aromatic nitrogens is 3. The molecule has 0 spiro atoms. The predicted molar refractivity (Wildman–Crippen MR) is 132 cm³/mol. The van der Waals surface area contributed by atoms with Crippen molar-refractivity contribution in [1.29, 1.82) is 0 Å². The lowest BCUT2D eigenvalue weighted by Gasteiger charge is -2.14. The van der Waals surface area contributed by atoms with Crippen molar-refractivity contribution in [2.75, 3.05) is 26.1 Å². The number of esters is 2. The number of amides is 1. The van der Waals surface area contributed by atoms with Gasteiger partial charge in [0.2, 0.25) is 0 Å². The molecule has 0 fully saturated rings. The van der Waals surface area contributed by atoms with E-state index < -0.39 is 17.8 Å². The highest BCUT2D eigenvalue weighted by Crippen LogP contribution is 2.29. The molecule has 184 valence electrons. The molecule has 36 heavy (non-hydrogen) atoms. The minimum absolute atomic E-state index is 0.0281. The third-order valence-electron chi connectivity index (χ3n) is 5.51. The van der Waals surface area contributed by atoms with Crippen molar-refractivity contribution < 1.29 is 28.6 Å². The summed E-state index contributed by atoms with van der Waals surface area (Å²) < 4.78 is 16.8. The number of carbonyl (C=O) groups excluding carboxylic acids is 3. The summed E-state index contributed by atoms with van der Waals surface area (Å²) in [6.45, 7) is 3.72. The molecule has 10 nitrogen and oxygen atoms in total. The molecule has 0 radical (unpaired) electrons. The Morgan fingerprint density at radius 3 is 2.42 bits per heavy atom. The van der Waals surface area contributed by atoms with Crippen LogP contribution >= 0.6 is 0 Å². The number of pyridine rings is 1. The lowest BCUT2D eigenvalue weighted by atomic mass is 10.1. The maximum atomic E-state index is 13.3. The highest BCUT2D eigenvalue weighted by molar-refractivity contribution is 6.12. The Bertz CT molecular complexity index is 1480. The molecule has 2 aromatic heterocycles. The third-order valence-corrected chi connectivity index (χ3v) is 5.51. The molecular weight excluding hydrogens is 464 g/mol. The van der Waals surface area contributed by atoms with E-state index in [-0.39, 0.29) is 29.1 Å². The number of benzene rings is 2. The summed E-state index contributed by atoms with van der Waals surface area (Å²) >= 11 is 0. The molecule has 0 bridgehead atoms. The summed E-state index contributed by atoms with van der Waals surface area (Å²) in [6, 6.07) is 13.6. The Morgan fingerprint density at radius 1 is 0.972 bits per heavy atom. The highest BCUT2D eigenvalue weighted by Gasteiger charge is 2.25. The number of nitrogens with one attached hydrogen (secondary N) is 1. The molecule has 0 atom stereocenters. The van der Waals surface area contributed by atoms with Crippen LogP contribution in [0.5, 0.6) is 5.75 Å². The van der Waals surface area contributed by atoms with E-state index in [4.69, 9.17) is 19.2 Å². The van der Waals surface area contributed by atoms with Crippen molar-refractivity contribution in [2.45, 2.75) is 13.8 Å². The number of anilines is 1. The van der Waals surface area contributed by atoms with Crippen molar-refractivity contribution >= 4 is 34.6 Å². The third kappa shape index (κ3) is 4.48. The minimum atomic E-state index is -0.671. The first kappa shape index (κ1) is 24.4. The number of para-hydroxylation sites is 1. The summed E-state index contributed by atoms with van der Waals surface area (Å²) in [6.07, 6.45) is 1.29. The van der Waals surface area contributed by atoms with Crippen molar-refractivity contribution in [3.8, 4) is 11.6 Å². The van der Waals surface area contributed by atoms with Gasteiger partial charge < -0.3 is 19.5 Å². The zero-order valence-electron chi connectivity index (χ0n) is 20.2. The van der Waals surface area contributed by atoms with Gasteiger partial charge in [-0.2, -0.15) is 9.78 Å². The average Bonchev–Trinajstić information content (AvgIpc) is 3.31. The molecule has 1 N–H and O–H groups in total. The van der Waals surface area contributed by atoms with E-state index in [9.17, 15) is 14.4 Å². The van der Waals surface area contributed by atoms with Crippen LogP contribution in [0.1, 0.15) is 43.6 Å². The van der Waals surface area contributed by atoms with E-state index in [1.54, 1.807) is 38.3 Å². The number of rotatable bonds is 7. The largest absolute Gasteiger partial charge is 0.494 e. The maximum Gasteiger partial charge on any atom is 0.343 e. The quantitative estimate of drug-likeness (QED) is 0.388. The number of ether oxygens (including phenoxy) is 3. The molecular formula is C26H24N4O6. The second kappa shape index (κ2) is 10.3. The Morgan fingerprint density at radius 2 is 1.72 bits per heavy atom. The van der Waals surface area contributed by atoms with Crippen molar-refractivity contribution in [1.82, 2.24) is 14.8 Å². The standard InChI is InChI=1S/C26H24N4O6/c1-5-36-26(33)19-14-27-30(21-13-15(2)16-11-8-12-20(34-3)22(16)28-21)23(19)29-24(31)17-9-6-7-10-18(17)25(32)35-4/h6-14H,5H2,1-4H3,(H,29,31). The van der Waals surface area contributed by atoms with Crippen LogP contribution in [0.4, 0.5) is 5.82 Å². The van der Waals surface area contributed by atoms with Gasteiger partial charge in [0.1, 0.15) is 16.8 Å².